The Hall–Kier alpha value is -3.64. The van der Waals surface area contributed by atoms with Crippen LogP contribution in [0.5, 0.6) is 5.75 Å². The van der Waals surface area contributed by atoms with E-state index >= 15 is 0 Å². The summed E-state index contributed by atoms with van der Waals surface area (Å²) in [5.74, 6) is 2.28. The van der Waals surface area contributed by atoms with Gasteiger partial charge in [0.25, 0.3) is 0 Å². The molecule has 0 unspecified atom stereocenters. The maximum atomic E-state index is 9.15. The molecule has 0 bridgehead atoms. The molecule has 1 aliphatic heterocycles. The van der Waals surface area contributed by atoms with Crippen LogP contribution in [0.3, 0.4) is 0 Å². The van der Waals surface area contributed by atoms with Gasteiger partial charge in [0.1, 0.15) is 23.3 Å². The summed E-state index contributed by atoms with van der Waals surface area (Å²) >= 11 is 1.53. The van der Waals surface area contributed by atoms with Crippen molar-refractivity contribution in [3.8, 4) is 23.2 Å². The Morgan fingerprint density at radius 2 is 2.09 bits per heavy atom. The van der Waals surface area contributed by atoms with E-state index in [0.717, 1.165) is 60.8 Å². The molecule has 0 atom stereocenters. The maximum absolute atomic E-state index is 9.15. The molecule has 0 fully saturated rings. The number of pyridine rings is 1. The molecule has 0 amide bonds. The zero-order valence-electron chi connectivity index (χ0n) is 17.9. The highest BCUT2D eigenvalue weighted by atomic mass is 32.1. The minimum absolute atomic E-state index is 0.530. The number of ether oxygens (including phenoxy) is 1. The molecule has 164 valence electrons. The van der Waals surface area contributed by atoms with Crippen LogP contribution in [0.15, 0.2) is 52.8 Å². The van der Waals surface area contributed by atoms with Gasteiger partial charge in [0, 0.05) is 32.1 Å². The highest BCUT2D eigenvalue weighted by Gasteiger charge is 2.11. The first-order valence-corrected chi connectivity index (χ1v) is 11.4. The van der Waals surface area contributed by atoms with Crippen molar-refractivity contribution in [2.75, 3.05) is 43.5 Å². The second-order valence-electron chi connectivity index (χ2n) is 7.29. The van der Waals surface area contributed by atoms with Crippen molar-refractivity contribution in [2.24, 2.45) is 4.99 Å². The molecular weight excluding hydrogens is 422 g/mol. The Morgan fingerprint density at radius 3 is 2.94 bits per heavy atom. The van der Waals surface area contributed by atoms with Crippen LogP contribution in [0.4, 0.5) is 10.9 Å². The van der Waals surface area contributed by atoms with Crippen LogP contribution in [0.25, 0.3) is 11.4 Å². The summed E-state index contributed by atoms with van der Waals surface area (Å²) < 4.78 is 5.77. The number of hydrogen-bond donors (Lipinski definition) is 2. The number of nitriles is 1. The third kappa shape index (κ3) is 5.53. The Kier molecular flexibility index (Phi) is 7.15. The Labute approximate surface area is 191 Å². The van der Waals surface area contributed by atoms with Crippen molar-refractivity contribution in [2.45, 2.75) is 12.8 Å². The van der Waals surface area contributed by atoms with Crippen LogP contribution < -0.4 is 20.3 Å². The van der Waals surface area contributed by atoms with E-state index in [4.69, 9.17) is 15.0 Å². The van der Waals surface area contributed by atoms with Crippen LogP contribution in [-0.2, 0) is 0 Å². The lowest BCUT2D eigenvalue weighted by Crippen LogP contribution is -2.35. The molecule has 9 heteroatoms. The number of thiazole rings is 1. The van der Waals surface area contributed by atoms with Gasteiger partial charge in [-0.2, -0.15) is 5.26 Å². The summed E-state index contributed by atoms with van der Waals surface area (Å²) in [5.41, 5.74) is 2.22. The second kappa shape index (κ2) is 10.6. The lowest BCUT2D eigenvalue weighted by molar-refractivity contribution is 0.311. The molecule has 1 aromatic carbocycles. The van der Waals surface area contributed by atoms with E-state index in [-0.39, 0.29) is 0 Å². The highest BCUT2D eigenvalue weighted by Crippen LogP contribution is 2.25. The lowest BCUT2D eigenvalue weighted by Gasteiger charge is -2.18. The van der Waals surface area contributed by atoms with Crippen LogP contribution in [0.2, 0.25) is 0 Å². The molecule has 4 rings (SSSR count). The van der Waals surface area contributed by atoms with E-state index < -0.39 is 0 Å². The van der Waals surface area contributed by atoms with Gasteiger partial charge in [-0.1, -0.05) is 18.2 Å². The Bertz CT molecular complexity index is 1120. The van der Waals surface area contributed by atoms with Gasteiger partial charge in [-0.15, -0.1) is 11.3 Å². The number of nitrogens with one attached hydrogen (secondary N) is 2. The minimum Gasteiger partial charge on any atom is -0.492 e. The minimum atomic E-state index is 0.530. The van der Waals surface area contributed by atoms with Gasteiger partial charge in [-0.05, 0) is 37.1 Å². The van der Waals surface area contributed by atoms with E-state index in [0.29, 0.717) is 17.9 Å². The monoisotopic (exact) mass is 447 g/mol. The van der Waals surface area contributed by atoms with Crippen molar-refractivity contribution in [3.63, 3.8) is 0 Å². The predicted molar refractivity (Wildman–Crippen MR) is 128 cm³/mol. The molecule has 8 nitrogen and oxygen atoms in total. The molecule has 3 aromatic rings. The van der Waals surface area contributed by atoms with Crippen LogP contribution in [0, 0.1) is 11.3 Å². The lowest BCUT2D eigenvalue weighted by atomic mass is 10.2. The van der Waals surface area contributed by atoms with Gasteiger partial charge in [-0.3, -0.25) is 4.99 Å². The van der Waals surface area contributed by atoms with Gasteiger partial charge < -0.3 is 20.3 Å². The fraction of sp³-hybridized carbons (Fsp3) is 0.304. The first-order valence-electron chi connectivity index (χ1n) is 10.5. The number of para-hydroxylation sites is 1. The summed E-state index contributed by atoms with van der Waals surface area (Å²) in [7, 11) is 2.01. The highest BCUT2D eigenvalue weighted by molar-refractivity contribution is 7.14. The molecule has 2 aromatic heterocycles. The zero-order valence-corrected chi connectivity index (χ0v) is 18.7. The molecule has 0 spiro atoms. The topological polar surface area (TPSA) is 98.5 Å². The number of hydrogen-bond acceptors (Lipinski definition) is 9. The molecule has 0 aliphatic carbocycles. The average Bonchev–Trinajstić information content (AvgIpc) is 3.31. The molecule has 0 saturated heterocycles. The Morgan fingerprint density at radius 1 is 1.19 bits per heavy atom. The van der Waals surface area contributed by atoms with E-state index in [1.807, 2.05) is 48.8 Å². The molecular formula is C23H25N7OS. The third-order valence-corrected chi connectivity index (χ3v) is 5.68. The molecule has 1 aliphatic rings. The largest absolute Gasteiger partial charge is 0.492 e. The first kappa shape index (κ1) is 21.6. The van der Waals surface area contributed by atoms with Gasteiger partial charge in [0.15, 0.2) is 11.1 Å². The van der Waals surface area contributed by atoms with Gasteiger partial charge >= 0.3 is 0 Å². The normalized spacial score (nSPS) is 12.9. The number of guanidine groups is 1. The summed E-state index contributed by atoms with van der Waals surface area (Å²) in [6, 6.07) is 15.4. The fourth-order valence-corrected chi connectivity index (χ4v) is 3.93. The van der Waals surface area contributed by atoms with Crippen molar-refractivity contribution < 1.29 is 4.74 Å². The molecule has 3 heterocycles. The maximum Gasteiger partial charge on any atom is 0.197 e. The smallest absolute Gasteiger partial charge is 0.197 e. The van der Waals surface area contributed by atoms with E-state index in [2.05, 4.69) is 31.6 Å². The van der Waals surface area contributed by atoms with Gasteiger partial charge in [0.05, 0.1) is 17.9 Å². The van der Waals surface area contributed by atoms with Crippen molar-refractivity contribution >= 4 is 28.2 Å². The summed E-state index contributed by atoms with van der Waals surface area (Å²) in [6.45, 7) is 3.07. The summed E-state index contributed by atoms with van der Waals surface area (Å²) in [6.07, 6.45) is 1.86. The third-order valence-electron chi connectivity index (χ3n) is 4.92. The number of nitrogens with zero attached hydrogens (tertiary/aromatic N) is 5. The van der Waals surface area contributed by atoms with Crippen LogP contribution in [0.1, 0.15) is 18.4 Å². The number of aliphatic imine (C=N–C) groups is 1. The summed E-state index contributed by atoms with van der Waals surface area (Å²) in [5, 5.41) is 18.4. The summed E-state index contributed by atoms with van der Waals surface area (Å²) in [4.78, 5) is 16.0. The van der Waals surface area contributed by atoms with E-state index in [9.17, 15) is 0 Å². The standard InChI is InChI=1S/C23H25N7OS/c1-30(13-6-14-31-20-9-3-2-7-17(20)15-24)21-10-4-8-18(27-21)19-16-32-23(28-19)29-22-25-11-5-12-26-22/h2-4,7-10,16H,5-6,11-14H2,1H3,(H2,25,26,28,29). The number of aromatic nitrogens is 2. The second-order valence-corrected chi connectivity index (χ2v) is 8.14. The van der Waals surface area contributed by atoms with E-state index in [1.54, 1.807) is 6.07 Å². The average molecular weight is 448 g/mol. The van der Waals surface area contributed by atoms with Gasteiger partial charge in [-0.25, -0.2) is 9.97 Å². The SMILES string of the molecule is CN(CCCOc1ccccc1C#N)c1cccc(-c2csc(NC3=NCCCN3)n2)n1. The van der Waals surface area contributed by atoms with Crippen LogP contribution >= 0.6 is 11.3 Å². The van der Waals surface area contributed by atoms with E-state index in [1.165, 1.54) is 11.3 Å². The van der Waals surface area contributed by atoms with Crippen molar-refractivity contribution in [3.05, 3.63) is 53.4 Å². The Balaban J connectivity index is 1.32. The predicted octanol–water partition coefficient (Wildman–Crippen LogP) is 3.74. The molecule has 0 saturated carbocycles. The zero-order chi connectivity index (χ0) is 22.2. The van der Waals surface area contributed by atoms with Crippen molar-refractivity contribution in [1.29, 1.82) is 5.26 Å². The van der Waals surface area contributed by atoms with Crippen LogP contribution in [-0.4, -0.2) is 49.2 Å². The molecule has 2 N–H and O–H groups in total. The molecule has 32 heavy (non-hydrogen) atoms. The first-order chi connectivity index (χ1) is 15.7. The number of benzene rings is 1. The van der Waals surface area contributed by atoms with Crippen molar-refractivity contribution in [1.82, 2.24) is 15.3 Å². The molecule has 0 radical (unpaired) electrons. The fourth-order valence-electron chi connectivity index (χ4n) is 3.23. The number of anilines is 2. The number of rotatable bonds is 8. The van der Waals surface area contributed by atoms with Gasteiger partial charge in [0.2, 0.25) is 0 Å². The quantitative estimate of drug-likeness (QED) is 0.508.